The minimum atomic E-state index is -4.12. The van der Waals surface area contributed by atoms with Crippen molar-refractivity contribution in [2.24, 2.45) is 0 Å². The van der Waals surface area contributed by atoms with E-state index < -0.39 is 52.8 Å². The monoisotopic (exact) mass is 382 g/mol. The zero-order valence-electron chi connectivity index (χ0n) is 12.0. The first-order valence-electron chi connectivity index (χ1n) is 4.74. The molecule has 0 saturated carbocycles. The fraction of sp³-hybridized carbons (Fsp3) is 0.667. The molecule has 0 aliphatic heterocycles. The molecular formula is C6H14N2Na2O10P2. The maximum atomic E-state index is 10.0. The van der Waals surface area contributed by atoms with Crippen LogP contribution in [0.3, 0.4) is 0 Å². The summed E-state index contributed by atoms with van der Waals surface area (Å²) in [7, 11) is -8.25. The maximum absolute atomic E-state index is 10.0. The van der Waals surface area contributed by atoms with E-state index in [1.54, 1.807) is 0 Å². The number of carboxylic acid groups (broad SMARTS) is 2. The number of carbonyl (C=O) groups is 2. The second-order valence-corrected chi connectivity index (χ2v) is 6.53. The molecule has 0 heterocycles. The van der Waals surface area contributed by atoms with E-state index in [4.69, 9.17) is 19.6 Å². The third kappa shape index (κ3) is 37.4. The average Bonchev–Trinajstić information content (AvgIpc) is 2.12. The van der Waals surface area contributed by atoms with E-state index in [9.17, 15) is 28.9 Å². The number of rotatable bonds is 8. The quantitative estimate of drug-likeness (QED) is 0.170. The van der Waals surface area contributed by atoms with Crippen molar-refractivity contribution in [3.63, 3.8) is 0 Å². The maximum Gasteiger partial charge on any atom is 1.00 e. The minimum absolute atomic E-state index is 0. The molecule has 0 atom stereocenters. The Labute approximate surface area is 170 Å². The number of hydrogen-bond donors (Lipinski definition) is 6. The molecule has 6 N–H and O–H groups in total. The molecule has 0 saturated heterocycles. The molecular weight excluding hydrogens is 368 g/mol. The third-order valence-electron chi connectivity index (χ3n) is 1.17. The van der Waals surface area contributed by atoms with Crippen LogP contribution in [0.2, 0.25) is 0 Å². The van der Waals surface area contributed by atoms with Gasteiger partial charge in [-0.1, -0.05) is 0 Å². The van der Waals surface area contributed by atoms with Gasteiger partial charge in [-0.15, -0.1) is 0 Å². The zero-order chi connectivity index (χ0) is 16.4. The van der Waals surface area contributed by atoms with Gasteiger partial charge < -0.3 is 50.0 Å². The van der Waals surface area contributed by atoms with Crippen molar-refractivity contribution in [3.05, 3.63) is 0 Å². The van der Waals surface area contributed by atoms with Gasteiger partial charge in [-0.05, 0) is 0 Å². The largest absolute Gasteiger partial charge is 1.00 e. The van der Waals surface area contributed by atoms with Crippen molar-refractivity contribution in [3.8, 4) is 0 Å². The van der Waals surface area contributed by atoms with E-state index in [-0.39, 0.29) is 59.1 Å². The second kappa shape index (κ2) is 15.7. The van der Waals surface area contributed by atoms with Gasteiger partial charge >= 0.3 is 74.3 Å². The summed E-state index contributed by atoms with van der Waals surface area (Å²) in [6.07, 6.45) is -1.28. The summed E-state index contributed by atoms with van der Waals surface area (Å²) in [4.78, 5) is 52.0. The van der Waals surface area contributed by atoms with Crippen LogP contribution in [-0.2, 0) is 18.7 Å². The Kier molecular flexibility index (Phi) is 22.1. The zero-order valence-corrected chi connectivity index (χ0v) is 17.8. The van der Waals surface area contributed by atoms with Crippen molar-refractivity contribution >= 4 is 27.1 Å². The standard InChI is InChI=1S/2C3H8NO5P.2Na/c2*5-3(6)1-4-2-10(7,8)9;;/h2*4H,1-2H2,(H,5,6)(H2,7,8,9);;/q;;2*+1/p-2. The Morgan fingerprint density at radius 3 is 1.14 bits per heavy atom. The Balaban J connectivity index is -0.000000135. The van der Waals surface area contributed by atoms with Crippen LogP contribution in [0.4, 0.5) is 0 Å². The van der Waals surface area contributed by atoms with E-state index in [0.717, 1.165) is 0 Å². The summed E-state index contributed by atoms with van der Waals surface area (Å²) in [5.74, 6) is -2.79. The Morgan fingerprint density at radius 2 is 1.00 bits per heavy atom. The van der Waals surface area contributed by atoms with Crippen molar-refractivity contribution in [2.45, 2.75) is 0 Å². The average molecular weight is 382 g/mol. The molecule has 16 heteroatoms. The van der Waals surface area contributed by atoms with Gasteiger partial charge in [0.1, 0.15) is 0 Å². The SMILES string of the molecule is O=C([O-])CNCP(=O)(O)O.O=C([O-])CNCP(=O)(O)O.[Na+].[Na+]. The number of carbonyl (C=O) groups excluding carboxylic acids is 2. The van der Waals surface area contributed by atoms with Crippen LogP contribution in [0.1, 0.15) is 0 Å². The van der Waals surface area contributed by atoms with Crippen LogP contribution in [0.15, 0.2) is 0 Å². The van der Waals surface area contributed by atoms with Crippen molar-refractivity contribution in [1.82, 2.24) is 10.6 Å². The number of nitrogens with one attached hydrogen (secondary N) is 2. The van der Waals surface area contributed by atoms with Gasteiger partial charge in [0.15, 0.2) is 0 Å². The van der Waals surface area contributed by atoms with Gasteiger partial charge in [0.05, 0.1) is 24.5 Å². The molecule has 0 amide bonds. The molecule has 12 nitrogen and oxygen atoms in total. The smallest absolute Gasteiger partial charge is 0.549 e. The molecule has 0 rings (SSSR count). The molecule has 0 aromatic heterocycles. The van der Waals surface area contributed by atoms with Gasteiger partial charge in [0.2, 0.25) is 0 Å². The van der Waals surface area contributed by atoms with E-state index in [2.05, 4.69) is 0 Å². The molecule has 120 valence electrons. The molecule has 0 unspecified atom stereocenters. The fourth-order valence-electron chi connectivity index (χ4n) is 0.607. The Bertz CT molecular complexity index is 372. The predicted molar refractivity (Wildman–Crippen MR) is 59.8 cm³/mol. The van der Waals surface area contributed by atoms with Gasteiger partial charge in [-0.2, -0.15) is 0 Å². The minimum Gasteiger partial charge on any atom is -0.549 e. The molecule has 0 fully saturated rings. The molecule has 22 heavy (non-hydrogen) atoms. The summed E-state index contributed by atoms with van der Waals surface area (Å²) < 4.78 is 20.1. The van der Waals surface area contributed by atoms with Gasteiger partial charge in [-0.25, -0.2) is 0 Å². The van der Waals surface area contributed by atoms with E-state index in [1.807, 2.05) is 10.6 Å². The van der Waals surface area contributed by atoms with Crippen molar-refractivity contribution in [1.29, 1.82) is 0 Å². The second-order valence-electron chi connectivity index (χ2n) is 3.24. The number of aliphatic carboxylic acids is 2. The molecule has 0 aromatic carbocycles. The molecule has 0 aliphatic carbocycles. The van der Waals surface area contributed by atoms with Crippen LogP contribution >= 0.6 is 15.2 Å². The number of carboxylic acids is 2. The molecule has 0 aliphatic rings. The first kappa shape index (κ1) is 31.0. The molecule has 0 radical (unpaired) electrons. The summed E-state index contributed by atoms with van der Waals surface area (Å²) in [5, 5.41) is 23.3. The summed E-state index contributed by atoms with van der Waals surface area (Å²) in [5.41, 5.74) is 0. The molecule has 0 aromatic rings. The topological polar surface area (TPSA) is 219 Å². The number of hydrogen-bond acceptors (Lipinski definition) is 8. The van der Waals surface area contributed by atoms with Crippen molar-refractivity contribution in [2.75, 3.05) is 25.7 Å². The fourth-order valence-corrected chi connectivity index (χ4v) is 1.41. The Hall–Kier alpha value is 1.16. The van der Waals surface area contributed by atoms with E-state index >= 15 is 0 Å². The molecule has 0 spiro atoms. The van der Waals surface area contributed by atoms with E-state index in [0.29, 0.717) is 0 Å². The third-order valence-corrected chi connectivity index (χ3v) is 2.45. The normalized spacial score (nSPS) is 10.4. The summed E-state index contributed by atoms with van der Waals surface area (Å²) >= 11 is 0. The summed E-state index contributed by atoms with van der Waals surface area (Å²) in [6.45, 7) is -1.10. The van der Waals surface area contributed by atoms with Crippen LogP contribution in [0.25, 0.3) is 0 Å². The van der Waals surface area contributed by atoms with Gasteiger partial charge in [-0.3, -0.25) is 9.13 Å². The van der Waals surface area contributed by atoms with Crippen molar-refractivity contribution < 1.29 is 108 Å². The predicted octanol–water partition coefficient (Wildman–Crippen LogP) is -11.1. The van der Waals surface area contributed by atoms with Crippen LogP contribution in [0.5, 0.6) is 0 Å². The van der Waals surface area contributed by atoms with Gasteiger partial charge in [0, 0.05) is 13.1 Å². The van der Waals surface area contributed by atoms with Gasteiger partial charge in [0.25, 0.3) is 0 Å². The Morgan fingerprint density at radius 1 is 0.773 bits per heavy atom. The van der Waals surface area contributed by atoms with Crippen LogP contribution in [-0.4, -0.2) is 57.2 Å². The first-order valence-corrected chi connectivity index (χ1v) is 8.33. The van der Waals surface area contributed by atoms with Crippen LogP contribution in [0, 0.1) is 0 Å². The van der Waals surface area contributed by atoms with Crippen LogP contribution < -0.4 is 80.0 Å². The first-order chi connectivity index (χ1) is 8.83. The molecule has 0 bridgehead atoms. The summed E-state index contributed by atoms with van der Waals surface area (Å²) in [6, 6.07) is 0. The van der Waals surface area contributed by atoms with E-state index in [1.165, 1.54) is 0 Å².